The highest BCUT2D eigenvalue weighted by Gasteiger charge is 2.34. The molecular weight excluding hydrogens is 349 g/mol. The number of rotatable bonds is 5. The van der Waals surface area contributed by atoms with E-state index in [0.29, 0.717) is 12.2 Å². The molecule has 0 saturated carbocycles. The first kappa shape index (κ1) is 18.2. The Hall–Kier alpha value is -2.55. The van der Waals surface area contributed by atoms with Gasteiger partial charge in [-0.25, -0.2) is 0 Å². The van der Waals surface area contributed by atoms with E-state index in [1.54, 1.807) is 6.92 Å². The third kappa shape index (κ3) is 3.98. The largest absolute Gasteiger partial charge is 0.491 e. The maximum absolute atomic E-state index is 13.0. The lowest BCUT2D eigenvalue weighted by atomic mass is 10.1. The lowest BCUT2D eigenvalue weighted by molar-refractivity contribution is -0.139. The van der Waals surface area contributed by atoms with Gasteiger partial charge in [-0.2, -0.15) is 18.3 Å². The Bertz CT molecular complexity index is 789. The molecule has 3 rings (SSSR count). The number of amides is 1. The molecular formula is C17H19F3N4O2. The van der Waals surface area contributed by atoms with E-state index in [0.717, 1.165) is 30.3 Å². The summed E-state index contributed by atoms with van der Waals surface area (Å²) < 4.78 is 44.2. The van der Waals surface area contributed by atoms with Crippen LogP contribution < -0.4 is 15.4 Å². The van der Waals surface area contributed by atoms with Crippen LogP contribution in [0.5, 0.6) is 5.75 Å². The van der Waals surface area contributed by atoms with Gasteiger partial charge in [-0.1, -0.05) is 12.1 Å². The van der Waals surface area contributed by atoms with Crippen molar-refractivity contribution in [1.82, 2.24) is 20.8 Å². The summed E-state index contributed by atoms with van der Waals surface area (Å²) in [6.07, 6.45) is -3.73. The highest BCUT2D eigenvalue weighted by molar-refractivity contribution is 5.94. The van der Waals surface area contributed by atoms with E-state index in [2.05, 4.69) is 20.8 Å². The van der Waals surface area contributed by atoms with Crippen LogP contribution in [-0.4, -0.2) is 35.3 Å². The fraction of sp³-hybridized carbons (Fsp3) is 0.412. The number of aromatic nitrogens is 2. The average Bonchev–Trinajstić information content (AvgIpc) is 3.03. The molecule has 1 atom stereocenters. The lowest BCUT2D eigenvalue weighted by Crippen LogP contribution is -2.38. The summed E-state index contributed by atoms with van der Waals surface area (Å²) in [5.41, 5.74) is 1.21. The Labute approximate surface area is 148 Å². The molecule has 140 valence electrons. The van der Waals surface area contributed by atoms with Gasteiger partial charge in [0, 0.05) is 30.8 Å². The maximum Gasteiger partial charge on any atom is 0.419 e. The van der Waals surface area contributed by atoms with E-state index < -0.39 is 17.8 Å². The molecule has 6 nitrogen and oxygen atoms in total. The summed E-state index contributed by atoms with van der Waals surface area (Å²) in [7, 11) is 0. The minimum atomic E-state index is -4.50. The van der Waals surface area contributed by atoms with E-state index >= 15 is 0 Å². The predicted molar refractivity (Wildman–Crippen MR) is 87.9 cm³/mol. The van der Waals surface area contributed by atoms with Crippen molar-refractivity contribution in [1.29, 1.82) is 0 Å². The number of para-hydroxylation sites is 1. The second-order valence-corrected chi connectivity index (χ2v) is 6.14. The molecule has 0 radical (unpaired) electrons. The Morgan fingerprint density at radius 1 is 1.38 bits per heavy atom. The number of ether oxygens (including phenoxy) is 1. The number of H-pyrrole nitrogens is 1. The molecule has 1 aliphatic heterocycles. The number of benzene rings is 1. The number of fused-ring (bicyclic) bond motifs is 1. The molecule has 3 N–H and O–H groups in total. The fourth-order valence-corrected chi connectivity index (χ4v) is 2.79. The predicted octanol–water partition coefficient (Wildman–Crippen LogP) is 2.27. The lowest BCUT2D eigenvalue weighted by Gasteiger charge is -2.18. The first-order chi connectivity index (χ1) is 12.4. The average molecular weight is 368 g/mol. The van der Waals surface area contributed by atoms with E-state index in [1.807, 2.05) is 0 Å². The van der Waals surface area contributed by atoms with Gasteiger partial charge in [-0.05, 0) is 19.1 Å². The summed E-state index contributed by atoms with van der Waals surface area (Å²) in [6.45, 7) is 2.94. The van der Waals surface area contributed by atoms with Crippen LogP contribution in [0.1, 0.15) is 34.2 Å². The first-order valence-electron chi connectivity index (χ1n) is 8.23. The second kappa shape index (κ2) is 7.36. The number of aromatic amines is 1. The number of hydrogen-bond acceptors (Lipinski definition) is 4. The number of carbonyl (C=O) groups is 1. The zero-order valence-corrected chi connectivity index (χ0v) is 14.1. The van der Waals surface area contributed by atoms with E-state index in [-0.39, 0.29) is 18.3 Å². The summed E-state index contributed by atoms with van der Waals surface area (Å²) in [5.74, 6) is -0.645. The van der Waals surface area contributed by atoms with Gasteiger partial charge in [0.25, 0.3) is 5.91 Å². The van der Waals surface area contributed by atoms with Crippen molar-refractivity contribution >= 4 is 5.91 Å². The molecule has 2 aromatic rings. The van der Waals surface area contributed by atoms with Gasteiger partial charge in [0.2, 0.25) is 0 Å². The van der Waals surface area contributed by atoms with E-state index in [4.69, 9.17) is 4.74 Å². The van der Waals surface area contributed by atoms with Crippen molar-refractivity contribution < 1.29 is 22.7 Å². The fourth-order valence-electron chi connectivity index (χ4n) is 2.79. The van der Waals surface area contributed by atoms with Gasteiger partial charge in [0.05, 0.1) is 11.6 Å². The van der Waals surface area contributed by atoms with Gasteiger partial charge in [-0.15, -0.1) is 0 Å². The summed E-state index contributed by atoms with van der Waals surface area (Å²) in [4.78, 5) is 12.4. The van der Waals surface area contributed by atoms with Crippen molar-refractivity contribution in [2.45, 2.75) is 32.1 Å². The zero-order valence-electron chi connectivity index (χ0n) is 14.1. The van der Waals surface area contributed by atoms with Crippen LogP contribution in [0.3, 0.4) is 0 Å². The molecule has 0 spiro atoms. The smallest absolute Gasteiger partial charge is 0.419 e. The summed E-state index contributed by atoms with van der Waals surface area (Å²) >= 11 is 0. The number of hydrogen-bond donors (Lipinski definition) is 3. The van der Waals surface area contributed by atoms with Gasteiger partial charge in [0.15, 0.2) is 5.69 Å². The van der Waals surface area contributed by atoms with E-state index in [1.165, 1.54) is 18.2 Å². The number of nitrogens with zero attached hydrogens (tertiary/aromatic N) is 1. The highest BCUT2D eigenvalue weighted by Crippen LogP contribution is 2.35. The van der Waals surface area contributed by atoms with Crippen molar-refractivity contribution in [3.63, 3.8) is 0 Å². The Balaban J connectivity index is 1.61. The molecule has 0 saturated heterocycles. The Morgan fingerprint density at radius 2 is 2.15 bits per heavy atom. The van der Waals surface area contributed by atoms with Crippen molar-refractivity contribution in [2.75, 3.05) is 13.2 Å². The number of nitrogens with one attached hydrogen (secondary N) is 3. The molecule has 0 aliphatic carbocycles. The minimum Gasteiger partial charge on any atom is -0.491 e. The van der Waals surface area contributed by atoms with Crippen LogP contribution >= 0.6 is 0 Å². The molecule has 1 amide bonds. The van der Waals surface area contributed by atoms with Gasteiger partial charge >= 0.3 is 6.18 Å². The van der Waals surface area contributed by atoms with Gasteiger partial charge < -0.3 is 15.4 Å². The van der Waals surface area contributed by atoms with Crippen molar-refractivity contribution in [3.05, 3.63) is 46.8 Å². The molecule has 1 unspecified atom stereocenters. The maximum atomic E-state index is 13.0. The van der Waals surface area contributed by atoms with Gasteiger partial charge in [0.1, 0.15) is 12.4 Å². The van der Waals surface area contributed by atoms with Crippen LogP contribution in [-0.2, 0) is 19.1 Å². The van der Waals surface area contributed by atoms with Crippen LogP contribution in [0, 0.1) is 0 Å². The summed E-state index contributed by atoms with van der Waals surface area (Å²) in [5, 5.41) is 12.8. The van der Waals surface area contributed by atoms with Crippen LogP contribution in [0.15, 0.2) is 24.3 Å². The quantitative estimate of drug-likeness (QED) is 0.757. The topological polar surface area (TPSA) is 79.0 Å². The molecule has 9 heteroatoms. The van der Waals surface area contributed by atoms with Crippen molar-refractivity contribution in [3.8, 4) is 5.75 Å². The molecule has 0 bridgehead atoms. The minimum absolute atomic E-state index is 0.0936. The standard InChI is InChI=1S/C17H19F3N4O2/c1-10(9-26-14-5-3-2-4-12(14)17(18,19)20)22-16(25)15-11-8-21-7-6-13(11)23-24-15/h2-5,10,21H,6-9H2,1H3,(H,22,25)(H,23,24). The first-order valence-corrected chi connectivity index (χ1v) is 8.23. The highest BCUT2D eigenvalue weighted by atomic mass is 19.4. The molecule has 1 aliphatic rings. The molecule has 2 heterocycles. The Morgan fingerprint density at radius 3 is 2.92 bits per heavy atom. The van der Waals surface area contributed by atoms with Crippen molar-refractivity contribution in [2.24, 2.45) is 0 Å². The number of alkyl halides is 3. The van der Waals surface area contributed by atoms with Crippen LogP contribution in [0.25, 0.3) is 0 Å². The normalized spacial score (nSPS) is 15.2. The molecule has 0 fully saturated rings. The molecule has 1 aromatic carbocycles. The number of halogens is 3. The monoisotopic (exact) mass is 368 g/mol. The second-order valence-electron chi connectivity index (χ2n) is 6.14. The van der Waals surface area contributed by atoms with E-state index in [9.17, 15) is 18.0 Å². The summed E-state index contributed by atoms with van der Waals surface area (Å²) in [6, 6.07) is 4.49. The third-order valence-corrected chi connectivity index (χ3v) is 4.08. The Kier molecular flexibility index (Phi) is 5.17. The van der Waals surface area contributed by atoms with Gasteiger partial charge in [-0.3, -0.25) is 9.89 Å². The number of carbonyl (C=O) groups excluding carboxylic acids is 1. The van der Waals surface area contributed by atoms with Crippen LogP contribution in [0.2, 0.25) is 0 Å². The molecule has 26 heavy (non-hydrogen) atoms. The van der Waals surface area contributed by atoms with Crippen LogP contribution in [0.4, 0.5) is 13.2 Å². The SMILES string of the molecule is CC(COc1ccccc1C(F)(F)F)NC(=O)c1n[nH]c2c1CNCC2. The molecule has 1 aromatic heterocycles. The third-order valence-electron chi connectivity index (χ3n) is 4.08. The zero-order chi connectivity index (χ0) is 18.7.